The highest BCUT2D eigenvalue weighted by molar-refractivity contribution is 7.19. The lowest BCUT2D eigenvalue weighted by molar-refractivity contribution is 0.0705. The Morgan fingerprint density at radius 3 is 2.61 bits per heavy atom. The van der Waals surface area contributed by atoms with Crippen LogP contribution in [0.1, 0.15) is 34.6 Å². The molecular formula is C25H28N8O4S. The molecular weight excluding hydrogens is 508 g/mol. The van der Waals surface area contributed by atoms with Crippen molar-refractivity contribution in [3.63, 3.8) is 0 Å². The minimum absolute atomic E-state index is 0.0321. The minimum Gasteiger partial charge on any atom is -0.481 e. The lowest BCUT2D eigenvalue weighted by atomic mass is 10.1. The molecule has 4 aromatic rings. The van der Waals surface area contributed by atoms with E-state index < -0.39 is 5.91 Å². The Hall–Kier alpha value is -3.94. The lowest BCUT2D eigenvalue weighted by Crippen LogP contribution is -2.36. The van der Waals surface area contributed by atoms with Gasteiger partial charge in [0, 0.05) is 55.2 Å². The Labute approximate surface area is 223 Å². The molecule has 5 heterocycles. The Morgan fingerprint density at radius 1 is 1.21 bits per heavy atom. The highest BCUT2D eigenvalue weighted by Gasteiger charge is 2.25. The zero-order valence-corrected chi connectivity index (χ0v) is 22.1. The number of amides is 1. The molecule has 0 aromatic carbocycles. The van der Waals surface area contributed by atoms with Crippen molar-refractivity contribution in [1.82, 2.24) is 30.4 Å². The van der Waals surface area contributed by atoms with E-state index in [0.29, 0.717) is 30.9 Å². The quantitative estimate of drug-likeness (QED) is 0.254. The summed E-state index contributed by atoms with van der Waals surface area (Å²) < 4.78 is 11.8. The summed E-state index contributed by atoms with van der Waals surface area (Å²) in [6, 6.07) is 5.78. The van der Waals surface area contributed by atoms with Gasteiger partial charge in [-0.25, -0.2) is 30.4 Å². The third-order valence-corrected chi connectivity index (χ3v) is 7.61. The van der Waals surface area contributed by atoms with Crippen molar-refractivity contribution in [2.45, 2.75) is 19.4 Å². The number of carbonyl (C=O) groups excluding carboxylic acids is 1. The number of aromatic nitrogens is 5. The summed E-state index contributed by atoms with van der Waals surface area (Å²) in [5.74, 6) is 1.82. The van der Waals surface area contributed by atoms with Crippen LogP contribution in [0.4, 0.5) is 11.8 Å². The zero-order valence-electron chi connectivity index (χ0n) is 21.3. The number of hydrogen-bond donors (Lipinski definition) is 2. The van der Waals surface area contributed by atoms with Crippen molar-refractivity contribution < 1.29 is 19.5 Å². The van der Waals surface area contributed by atoms with Gasteiger partial charge in [-0.1, -0.05) is 6.92 Å². The normalized spacial score (nSPS) is 14.4. The number of hydroxylamine groups is 1. The van der Waals surface area contributed by atoms with E-state index in [1.807, 2.05) is 18.0 Å². The number of anilines is 2. The lowest BCUT2D eigenvalue weighted by Gasteiger charge is -2.28. The fourth-order valence-electron chi connectivity index (χ4n) is 4.34. The van der Waals surface area contributed by atoms with Crippen LogP contribution < -0.4 is 20.0 Å². The maximum absolute atomic E-state index is 11.6. The Morgan fingerprint density at radius 2 is 1.97 bits per heavy atom. The molecule has 0 spiro atoms. The summed E-state index contributed by atoms with van der Waals surface area (Å²) in [5.41, 5.74) is 3.43. The molecule has 0 unspecified atom stereocenters. The maximum atomic E-state index is 11.6. The molecule has 1 aliphatic heterocycles. The van der Waals surface area contributed by atoms with Crippen molar-refractivity contribution in [3.8, 4) is 17.3 Å². The number of nitrogens with one attached hydrogen (secondary N) is 1. The smallest absolute Gasteiger partial charge is 0.277 e. The monoisotopic (exact) mass is 536 g/mol. The third-order valence-electron chi connectivity index (χ3n) is 6.39. The van der Waals surface area contributed by atoms with Gasteiger partial charge in [-0.05, 0) is 18.6 Å². The second kappa shape index (κ2) is 11.2. The second-order valence-corrected chi connectivity index (χ2v) is 9.75. The molecule has 1 aliphatic rings. The van der Waals surface area contributed by atoms with E-state index in [0.717, 1.165) is 46.0 Å². The Kier molecular flexibility index (Phi) is 7.58. The summed E-state index contributed by atoms with van der Waals surface area (Å²) >= 11 is 1.66. The first-order valence-electron chi connectivity index (χ1n) is 12.2. The Balaban J connectivity index is 1.54. The maximum Gasteiger partial charge on any atom is 0.277 e. The predicted octanol–water partition coefficient (Wildman–Crippen LogP) is 3.10. The second-order valence-electron chi connectivity index (χ2n) is 8.67. The van der Waals surface area contributed by atoms with E-state index >= 15 is 0 Å². The minimum atomic E-state index is -0.659. The predicted molar refractivity (Wildman–Crippen MR) is 143 cm³/mol. The third kappa shape index (κ3) is 5.08. The molecule has 0 radical (unpaired) electrons. The van der Waals surface area contributed by atoms with Crippen LogP contribution >= 0.6 is 11.3 Å². The first-order valence-corrected chi connectivity index (χ1v) is 13.0. The van der Waals surface area contributed by atoms with Crippen LogP contribution in [0.5, 0.6) is 5.88 Å². The number of thiophene rings is 1. The summed E-state index contributed by atoms with van der Waals surface area (Å²) in [4.78, 5) is 39.8. The molecule has 1 fully saturated rings. The topological polar surface area (TPSA) is 139 Å². The zero-order chi connectivity index (χ0) is 26.6. The molecule has 1 saturated heterocycles. The molecule has 2 N–H and O–H groups in total. The number of carbonyl (C=O) groups is 1. The van der Waals surface area contributed by atoms with Gasteiger partial charge in [-0.3, -0.25) is 10.0 Å². The van der Waals surface area contributed by atoms with Gasteiger partial charge in [0.05, 0.1) is 42.1 Å². The van der Waals surface area contributed by atoms with Crippen LogP contribution in [-0.4, -0.2) is 76.5 Å². The highest BCUT2D eigenvalue weighted by atomic mass is 32.1. The molecule has 5 rings (SSSR count). The number of pyridine rings is 1. The fraction of sp³-hybridized carbons (Fsp3) is 0.360. The molecule has 0 bridgehead atoms. The largest absolute Gasteiger partial charge is 0.481 e. The molecule has 198 valence electrons. The first-order chi connectivity index (χ1) is 18.5. The molecule has 0 aliphatic carbocycles. The number of nitrogens with zero attached hydrogens (tertiary/aromatic N) is 7. The molecule has 38 heavy (non-hydrogen) atoms. The van der Waals surface area contributed by atoms with E-state index in [-0.39, 0.29) is 11.6 Å². The summed E-state index contributed by atoms with van der Waals surface area (Å²) in [6.45, 7) is 4.88. The number of fused-ring (bicyclic) bond motifs is 1. The molecule has 4 aromatic heterocycles. The van der Waals surface area contributed by atoms with Crippen molar-refractivity contribution >= 4 is 39.2 Å². The highest BCUT2D eigenvalue weighted by Crippen LogP contribution is 2.39. The van der Waals surface area contributed by atoms with Gasteiger partial charge in [-0.2, -0.15) is 0 Å². The van der Waals surface area contributed by atoms with E-state index in [2.05, 4.69) is 32.8 Å². The molecule has 1 atom stereocenters. The van der Waals surface area contributed by atoms with Crippen molar-refractivity contribution in [3.05, 3.63) is 47.2 Å². The molecule has 1 amide bonds. The Bertz CT molecular complexity index is 1410. The van der Waals surface area contributed by atoms with Crippen LogP contribution in [0.2, 0.25) is 0 Å². The standard InChI is InChI=1S/C25H28N8O4S/c1-4-18(32(2)25-27-13-16(14-28-25)24(34)31-35)19-11-17-21(38-19)23(33-7-9-37-10-8-33)30-22(29-17)15-5-6-20(36-3)26-12-15/h5-6,11-14,18,35H,4,7-10H2,1-3H3,(H,31,34)/t18-/m0/s1. The summed E-state index contributed by atoms with van der Waals surface area (Å²) in [5, 5.41) is 8.85. The van der Waals surface area contributed by atoms with Gasteiger partial charge in [0.25, 0.3) is 5.91 Å². The van der Waals surface area contributed by atoms with E-state index in [1.165, 1.54) is 12.4 Å². The molecule has 0 saturated carbocycles. The van der Waals surface area contributed by atoms with Crippen LogP contribution in [0, 0.1) is 0 Å². The van der Waals surface area contributed by atoms with Crippen LogP contribution in [-0.2, 0) is 4.74 Å². The van der Waals surface area contributed by atoms with Crippen molar-refractivity contribution in [1.29, 1.82) is 0 Å². The number of rotatable bonds is 8. The number of ether oxygens (including phenoxy) is 2. The van der Waals surface area contributed by atoms with Crippen molar-refractivity contribution in [2.24, 2.45) is 0 Å². The van der Waals surface area contributed by atoms with Gasteiger partial charge in [0.15, 0.2) is 11.6 Å². The van der Waals surface area contributed by atoms with Gasteiger partial charge < -0.3 is 19.3 Å². The van der Waals surface area contributed by atoms with Gasteiger partial charge in [0.1, 0.15) is 0 Å². The summed E-state index contributed by atoms with van der Waals surface area (Å²) in [7, 11) is 3.50. The van der Waals surface area contributed by atoms with Crippen LogP contribution in [0.15, 0.2) is 36.8 Å². The van der Waals surface area contributed by atoms with Gasteiger partial charge >= 0.3 is 0 Å². The first kappa shape index (κ1) is 25.7. The van der Waals surface area contributed by atoms with E-state index in [4.69, 9.17) is 24.6 Å². The fourth-order valence-corrected chi connectivity index (χ4v) is 5.68. The summed E-state index contributed by atoms with van der Waals surface area (Å²) in [6.07, 6.45) is 5.29. The number of morpholine rings is 1. The van der Waals surface area contributed by atoms with Crippen LogP contribution in [0.3, 0.4) is 0 Å². The van der Waals surface area contributed by atoms with E-state index in [9.17, 15) is 4.79 Å². The number of methoxy groups -OCH3 is 1. The van der Waals surface area contributed by atoms with Crippen molar-refractivity contribution in [2.75, 3.05) is 50.3 Å². The average Bonchev–Trinajstić information content (AvgIpc) is 3.41. The number of hydrogen-bond acceptors (Lipinski definition) is 12. The van der Waals surface area contributed by atoms with Crippen LogP contribution in [0.25, 0.3) is 21.6 Å². The van der Waals surface area contributed by atoms with E-state index in [1.54, 1.807) is 36.2 Å². The average molecular weight is 537 g/mol. The SMILES string of the molecule is CC[C@@H](c1cc2nc(-c3ccc(OC)nc3)nc(N3CCOCC3)c2s1)N(C)c1ncc(C(=O)NO)cn1. The van der Waals surface area contributed by atoms with Gasteiger partial charge in [0.2, 0.25) is 11.8 Å². The van der Waals surface area contributed by atoms with Gasteiger partial charge in [-0.15, -0.1) is 11.3 Å². The molecule has 13 heteroatoms. The molecule has 12 nitrogen and oxygen atoms in total.